The van der Waals surface area contributed by atoms with E-state index >= 15 is 0 Å². The van der Waals surface area contributed by atoms with Gasteiger partial charge < -0.3 is 15.0 Å². The predicted molar refractivity (Wildman–Crippen MR) is 57.9 cm³/mol. The Balaban J connectivity index is 2.45. The van der Waals surface area contributed by atoms with Crippen molar-refractivity contribution in [2.24, 2.45) is 0 Å². The van der Waals surface area contributed by atoms with Crippen molar-refractivity contribution in [3.8, 4) is 17.0 Å². The smallest absolute Gasteiger partial charge is 0.222 e. The van der Waals surface area contributed by atoms with Gasteiger partial charge in [0.1, 0.15) is 11.4 Å². The van der Waals surface area contributed by atoms with Crippen molar-refractivity contribution in [3.05, 3.63) is 29.3 Å². The summed E-state index contributed by atoms with van der Waals surface area (Å²) in [6, 6.07) is 6.98. The molecule has 0 unspecified atom stereocenters. The Bertz CT molecular complexity index is 482. The summed E-state index contributed by atoms with van der Waals surface area (Å²) < 4.78 is 9.87. The highest BCUT2D eigenvalue weighted by Gasteiger charge is 2.07. The number of aromatic nitrogens is 1. The standard InChI is InChI=1S/C10H9ClN2O2/c1-14-9-4-6(2-3-7(9)11)8-5-10(12)15-13-8/h2-5H,12H2,1H3. The minimum absolute atomic E-state index is 0.277. The number of hydrogen-bond acceptors (Lipinski definition) is 4. The number of nitrogens with zero attached hydrogens (tertiary/aromatic N) is 1. The van der Waals surface area contributed by atoms with Crippen LogP contribution in [0.5, 0.6) is 5.75 Å². The molecule has 1 aromatic carbocycles. The number of nitrogen functional groups attached to an aromatic ring is 1. The van der Waals surface area contributed by atoms with Gasteiger partial charge in [0, 0.05) is 11.6 Å². The number of ether oxygens (including phenoxy) is 1. The minimum atomic E-state index is 0.277. The van der Waals surface area contributed by atoms with Gasteiger partial charge in [0.2, 0.25) is 5.88 Å². The van der Waals surface area contributed by atoms with Crippen LogP contribution in [-0.4, -0.2) is 12.3 Å². The fraction of sp³-hybridized carbons (Fsp3) is 0.100. The van der Waals surface area contributed by atoms with Crippen molar-refractivity contribution in [2.45, 2.75) is 0 Å². The summed E-state index contributed by atoms with van der Waals surface area (Å²) in [4.78, 5) is 0. The highest BCUT2D eigenvalue weighted by Crippen LogP contribution is 2.30. The van der Waals surface area contributed by atoms with Crippen molar-refractivity contribution in [2.75, 3.05) is 12.8 Å². The van der Waals surface area contributed by atoms with E-state index < -0.39 is 0 Å². The molecule has 0 saturated heterocycles. The molecule has 2 rings (SSSR count). The Kier molecular flexibility index (Phi) is 2.51. The van der Waals surface area contributed by atoms with E-state index in [9.17, 15) is 0 Å². The number of methoxy groups -OCH3 is 1. The molecule has 0 atom stereocenters. The van der Waals surface area contributed by atoms with Crippen LogP contribution in [0.1, 0.15) is 0 Å². The molecule has 1 aromatic heterocycles. The van der Waals surface area contributed by atoms with Gasteiger partial charge in [-0.1, -0.05) is 22.8 Å². The third kappa shape index (κ3) is 1.89. The van der Waals surface area contributed by atoms with Crippen molar-refractivity contribution in [1.82, 2.24) is 5.16 Å². The second kappa shape index (κ2) is 3.82. The van der Waals surface area contributed by atoms with E-state index in [-0.39, 0.29) is 5.88 Å². The van der Waals surface area contributed by atoms with Crippen molar-refractivity contribution in [1.29, 1.82) is 0 Å². The molecule has 0 fully saturated rings. The first-order valence-electron chi connectivity index (χ1n) is 4.27. The molecule has 0 spiro atoms. The Labute approximate surface area is 91.6 Å². The lowest BCUT2D eigenvalue weighted by molar-refractivity contribution is 0.415. The maximum atomic E-state index is 5.90. The van der Waals surface area contributed by atoms with Crippen LogP contribution in [0, 0.1) is 0 Å². The number of anilines is 1. The lowest BCUT2D eigenvalue weighted by Gasteiger charge is -2.03. The number of halogens is 1. The lowest BCUT2D eigenvalue weighted by atomic mass is 10.1. The van der Waals surface area contributed by atoms with E-state index in [0.717, 1.165) is 5.56 Å². The van der Waals surface area contributed by atoms with E-state index in [2.05, 4.69) is 5.16 Å². The van der Waals surface area contributed by atoms with E-state index in [1.54, 1.807) is 25.3 Å². The fourth-order valence-corrected chi connectivity index (χ4v) is 1.44. The van der Waals surface area contributed by atoms with Crippen LogP contribution in [0.3, 0.4) is 0 Å². The zero-order valence-electron chi connectivity index (χ0n) is 8.03. The first kappa shape index (κ1) is 9.86. The van der Waals surface area contributed by atoms with E-state index in [4.69, 9.17) is 26.6 Å². The van der Waals surface area contributed by atoms with Crippen LogP contribution in [0.2, 0.25) is 5.02 Å². The maximum Gasteiger partial charge on any atom is 0.222 e. The molecule has 0 bridgehead atoms. The van der Waals surface area contributed by atoms with Crippen LogP contribution >= 0.6 is 11.6 Å². The molecule has 15 heavy (non-hydrogen) atoms. The summed E-state index contributed by atoms with van der Waals surface area (Å²) >= 11 is 5.90. The van der Waals surface area contributed by atoms with Crippen LogP contribution in [0.15, 0.2) is 28.8 Å². The van der Waals surface area contributed by atoms with E-state index in [1.165, 1.54) is 0 Å². The van der Waals surface area contributed by atoms with Crippen LogP contribution in [0.25, 0.3) is 11.3 Å². The lowest BCUT2D eigenvalue weighted by Crippen LogP contribution is -1.85. The Morgan fingerprint density at radius 2 is 2.20 bits per heavy atom. The summed E-state index contributed by atoms with van der Waals surface area (Å²) in [6.45, 7) is 0. The Hall–Kier alpha value is -1.68. The topological polar surface area (TPSA) is 61.3 Å². The highest BCUT2D eigenvalue weighted by molar-refractivity contribution is 6.32. The molecule has 0 aliphatic heterocycles. The second-order valence-electron chi connectivity index (χ2n) is 2.96. The molecule has 2 N–H and O–H groups in total. The number of nitrogens with two attached hydrogens (primary N) is 1. The van der Waals surface area contributed by atoms with Gasteiger partial charge in [-0.3, -0.25) is 0 Å². The molecule has 0 saturated carbocycles. The van der Waals surface area contributed by atoms with E-state index in [1.807, 2.05) is 6.07 Å². The third-order valence-corrected chi connectivity index (χ3v) is 2.29. The molecule has 0 aliphatic carbocycles. The fourth-order valence-electron chi connectivity index (χ4n) is 1.24. The van der Waals surface area contributed by atoms with Crippen molar-refractivity contribution < 1.29 is 9.26 Å². The van der Waals surface area contributed by atoms with Crippen molar-refractivity contribution >= 4 is 17.5 Å². The van der Waals surface area contributed by atoms with Gasteiger partial charge in [0.05, 0.1) is 12.1 Å². The zero-order valence-corrected chi connectivity index (χ0v) is 8.78. The highest BCUT2D eigenvalue weighted by atomic mass is 35.5. The molecule has 0 radical (unpaired) electrons. The SMILES string of the molecule is COc1cc(-c2cc(N)on2)ccc1Cl. The normalized spacial score (nSPS) is 10.3. The first-order valence-corrected chi connectivity index (χ1v) is 4.64. The van der Waals surface area contributed by atoms with Crippen molar-refractivity contribution in [3.63, 3.8) is 0 Å². The number of benzene rings is 1. The number of rotatable bonds is 2. The average molecular weight is 225 g/mol. The summed E-state index contributed by atoms with van der Waals surface area (Å²) in [5.74, 6) is 0.870. The monoisotopic (exact) mass is 224 g/mol. The van der Waals surface area contributed by atoms with Gasteiger partial charge in [0.25, 0.3) is 0 Å². The van der Waals surface area contributed by atoms with Gasteiger partial charge in [-0.05, 0) is 12.1 Å². The predicted octanol–water partition coefficient (Wildman–Crippen LogP) is 2.59. The minimum Gasteiger partial charge on any atom is -0.495 e. The maximum absolute atomic E-state index is 5.90. The van der Waals surface area contributed by atoms with Crippen LogP contribution in [0.4, 0.5) is 5.88 Å². The average Bonchev–Trinajstić information content (AvgIpc) is 2.66. The van der Waals surface area contributed by atoms with Gasteiger partial charge in [-0.15, -0.1) is 0 Å². The van der Waals surface area contributed by atoms with Gasteiger partial charge >= 0.3 is 0 Å². The molecule has 1 heterocycles. The molecule has 0 amide bonds. The Morgan fingerprint density at radius 1 is 1.40 bits per heavy atom. The molecule has 2 aromatic rings. The summed E-state index contributed by atoms with van der Waals surface area (Å²) in [5, 5.41) is 4.35. The molecular formula is C10H9ClN2O2. The summed E-state index contributed by atoms with van der Waals surface area (Å²) in [7, 11) is 1.56. The largest absolute Gasteiger partial charge is 0.495 e. The number of hydrogen-bond donors (Lipinski definition) is 1. The molecule has 5 heteroatoms. The van der Waals surface area contributed by atoms with Gasteiger partial charge in [-0.2, -0.15) is 0 Å². The molecule has 0 aliphatic rings. The van der Waals surface area contributed by atoms with Gasteiger partial charge in [0.15, 0.2) is 0 Å². The van der Waals surface area contributed by atoms with Crippen LogP contribution < -0.4 is 10.5 Å². The molecular weight excluding hydrogens is 216 g/mol. The second-order valence-corrected chi connectivity index (χ2v) is 3.37. The quantitative estimate of drug-likeness (QED) is 0.852. The summed E-state index contributed by atoms with van der Waals surface area (Å²) in [5.41, 5.74) is 6.93. The summed E-state index contributed by atoms with van der Waals surface area (Å²) in [6.07, 6.45) is 0. The third-order valence-electron chi connectivity index (χ3n) is 1.98. The Morgan fingerprint density at radius 3 is 2.80 bits per heavy atom. The van der Waals surface area contributed by atoms with E-state index in [0.29, 0.717) is 16.5 Å². The first-order chi connectivity index (χ1) is 7.20. The van der Waals surface area contributed by atoms with Gasteiger partial charge in [-0.25, -0.2) is 0 Å². The van der Waals surface area contributed by atoms with Crippen LogP contribution in [-0.2, 0) is 0 Å². The zero-order chi connectivity index (χ0) is 10.8. The molecule has 78 valence electrons. The molecule has 4 nitrogen and oxygen atoms in total.